The number of halogens is 3. The minimum Gasteiger partial charge on any atom is -0.355 e. The molecule has 0 radical (unpaired) electrons. The van der Waals surface area contributed by atoms with E-state index in [0.717, 1.165) is 18.9 Å². The van der Waals surface area contributed by atoms with E-state index in [-0.39, 0.29) is 48.2 Å². The fraction of sp³-hybridized carbons (Fsp3) is 0.632. The van der Waals surface area contributed by atoms with Gasteiger partial charge >= 0.3 is 0 Å². The molecule has 2 bridgehead atoms. The third kappa shape index (κ3) is 4.92. The van der Waals surface area contributed by atoms with E-state index >= 15 is 0 Å². The van der Waals surface area contributed by atoms with Gasteiger partial charge in [0, 0.05) is 37.7 Å². The molecule has 1 aromatic rings. The first-order valence-corrected chi connectivity index (χ1v) is 11.3. The molecule has 162 valence electrons. The minimum atomic E-state index is -3.51. The SMILES string of the molecule is CC(=O)NCCS(=O)(=O)N1[C@@H]2CC[C@H]1CC([C@H](N)Cc1cc(F)c(F)cc1F)C2. The number of sulfonamides is 1. The fourth-order valence-corrected chi connectivity index (χ4v) is 6.44. The standard InChI is InChI=1S/C19H26F3N3O3S/c1-11(26)24-4-5-29(27,28)25-14-2-3-15(25)7-13(6-14)19(23)9-12-8-17(21)18(22)10-16(12)20/h8,10,13-15,19H,2-7,9,23H2,1H3,(H,24,26)/t13?,14-,15+,19-/m1/s1. The molecule has 6 nitrogen and oxygen atoms in total. The Labute approximate surface area is 168 Å². The van der Waals surface area contributed by atoms with E-state index < -0.39 is 33.5 Å². The number of carbonyl (C=O) groups excluding carboxylic acids is 1. The molecule has 1 amide bonds. The van der Waals surface area contributed by atoms with Gasteiger partial charge in [0.1, 0.15) is 5.82 Å². The second-order valence-corrected chi connectivity index (χ2v) is 9.96. The molecular weight excluding hydrogens is 407 g/mol. The van der Waals surface area contributed by atoms with Crippen molar-refractivity contribution >= 4 is 15.9 Å². The van der Waals surface area contributed by atoms with Crippen LogP contribution in [-0.2, 0) is 21.2 Å². The van der Waals surface area contributed by atoms with Crippen molar-refractivity contribution in [2.45, 2.75) is 57.2 Å². The molecule has 2 fully saturated rings. The summed E-state index contributed by atoms with van der Waals surface area (Å²) >= 11 is 0. The highest BCUT2D eigenvalue weighted by atomic mass is 32.2. The average molecular weight is 433 g/mol. The van der Waals surface area contributed by atoms with Crippen molar-refractivity contribution in [2.24, 2.45) is 11.7 Å². The van der Waals surface area contributed by atoms with Crippen LogP contribution < -0.4 is 11.1 Å². The van der Waals surface area contributed by atoms with Crippen molar-refractivity contribution in [3.63, 3.8) is 0 Å². The Balaban J connectivity index is 1.65. The van der Waals surface area contributed by atoms with Crippen LogP contribution in [0.4, 0.5) is 13.2 Å². The molecule has 2 aliphatic heterocycles. The highest BCUT2D eigenvalue weighted by molar-refractivity contribution is 7.89. The van der Waals surface area contributed by atoms with Crippen LogP contribution >= 0.6 is 0 Å². The second-order valence-electron chi connectivity index (χ2n) is 7.97. The summed E-state index contributed by atoms with van der Waals surface area (Å²) in [5, 5.41) is 2.50. The van der Waals surface area contributed by atoms with E-state index in [4.69, 9.17) is 5.73 Å². The lowest BCUT2D eigenvalue weighted by Gasteiger charge is -2.40. The summed E-state index contributed by atoms with van der Waals surface area (Å²) in [5.74, 6) is -3.67. The van der Waals surface area contributed by atoms with E-state index in [2.05, 4.69) is 5.32 Å². The molecule has 10 heteroatoms. The van der Waals surface area contributed by atoms with Crippen LogP contribution in [0.25, 0.3) is 0 Å². The molecule has 2 heterocycles. The van der Waals surface area contributed by atoms with Gasteiger partial charge in [0.2, 0.25) is 15.9 Å². The zero-order valence-corrected chi connectivity index (χ0v) is 17.0. The molecule has 3 rings (SSSR count). The predicted octanol–water partition coefficient (Wildman–Crippen LogP) is 1.68. The summed E-state index contributed by atoms with van der Waals surface area (Å²) in [5.41, 5.74) is 6.28. The number of benzene rings is 1. The maximum absolute atomic E-state index is 13.9. The van der Waals surface area contributed by atoms with Gasteiger partial charge in [-0.2, -0.15) is 4.31 Å². The quantitative estimate of drug-likeness (QED) is 0.640. The van der Waals surface area contributed by atoms with Crippen LogP contribution in [0.2, 0.25) is 0 Å². The summed E-state index contributed by atoms with van der Waals surface area (Å²) < 4.78 is 67.5. The first-order valence-electron chi connectivity index (χ1n) is 9.73. The fourth-order valence-electron chi connectivity index (χ4n) is 4.58. The van der Waals surface area contributed by atoms with Crippen molar-refractivity contribution in [3.05, 3.63) is 35.1 Å². The molecule has 4 atom stereocenters. The summed E-state index contributed by atoms with van der Waals surface area (Å²) in [7, 11) is -3.51. The number of amides is 1. The number of rotatable bonds is 7. The number of nitrogens with two attached hydrogens (primary N) is 1. The molecule has 1 aromatic carbocycles. The summed E-state index contributed by atoms with van der Waals surface area (Å²) in [6.45, 7) is 1.39. The zero-order chi connectivity index (χ0) is 21.3. The Bertz CT molecular complexity index is 867. The van der Waals surface area contributed by atoms with E-state index in [1.807, 2.05) is 0 Å². The van der Waals surface area contributed by atoms with E-state index in [1.54, 1.807) is 4.31 Å². The molecule has 29 heavy (non-hydrogen) atoms. The summed E-state index contributed by atoms with van der Waals surface area (Å²) in [4.78, 5) is 11.0. The van der Waals surface area contributed by atoms with E-state index in [0.29, 0.717) is 18.9 Å². The number of fused-ring (bicyclic) bond motifs is 2. The van der Waals surface area contributed by atoms with Gasteiger partial charge in [-0.3, -0.25) is 4.79 Å². The maximum atomic E-state index is 13.9. The van der Waals surface area contributed by atoms with Crippen molar-refractivity contribution in [1.29, 1.82) is 0 Å². The molecule has 2 saturated heterocycles. The van der Waals surface area contributed by atoms with Gasteiger partial charge in [0.05, 0.1) is 5.75 Å². The number of hydrogen-bond acceptors (Lipinski definition) is 4. The van der Waals surface area contributed by atoms with Crippen LogP contribution in [0.5, 0.6) is 0 Å². The molecule has 0 aromatic heterocycles. The molecule has 2 aliphatic rings. The summed E-state index contributed by atoms with van der Waals surface area (Å²) in [6, 6.07) is 0.511. The predicted molar refractivity (Wildman–Crippen MR) is 102 cm³/mol. The van der Waals surface area contributed by atoms with Crippen molar-refractivity contribution in [2.75, 3.05) is 12.3 Å². The topological polar surface area (TPSA) is 92.5 Å². The molecule has 0 spiro atoms. The lowest BCUT2D eigenvalue weighted by molar-refractivity contribution is -0.118. The molecule has 1 unspecified atom stereocenters. The lowest BCUT2D eigenvalue weighted by atomic mass is 9.83. The van der Waals surface area contributed by atoms with Crippen LogP contribution in [0.3, 0.4) is 0 Å². The Kier molecular flexibility index (Phi) is 6.54. The minimum absolute atomic E-state index is 0.0223. The molecule has 0 saturated carbocycles. The van der Waals surface area contributed by atoms with Crippen molar-refractivity contribution in [3.8, 4) is 0 Å². The number of nitrogens with one attached hydrogen (secondary N) is 1. The summed E-state index contributed by atoms with van der Waals surface area (Å²) in [6.07, 6.45) is 2.60. The highest BCUT2D eigenvalue weighted by Crippen LogP contribution is 2.41. The molecule has 3 N–H and O–H groups in total. The highest BCUT2D eigenvalue weighted by Gasteiger charge is 2.47. The zero-order valence-electron chi connectivity index (χ0n) is 16.2. The maximum Gasteiger partial charge on any atom is 0.216 e. The third-order valence-electron chi connectivity index (χ3n) is 5.91. The monoisotopic (exact) mass is 433 g/mol. The van der Waals surface area contributed by atoms with Crippen LogP contribution in [0.15, 0.2) is 12.1 Å². The first-order chi connectivity index (χ1) is 13.6. The molecule has 0 aliphatic carbocycles. The van der Waals surface area contributed by atoms with Crippen LogP contribution in [-0.4, -0.2) is 49.1 Å². The largest absolute Gasteiger partial charge is 0.355 e. The van der Waals surface area contributed by atoms with Gasteiger partial charge in [-0.05, 0) is 49.7 Å². The second kappa shape index (κ2) is 8.61. The van der Waals surface area contributed by atoms with Gasteiger partial charge in [-0.1, -0.05) is 0 Å². The Morgan fingerprint density at radius 1 is 1.17 bits per heavy atom. The van der Waals surface area contributed by atoms with Crippen LogP contribution in [0.1, 0.15) is 38.2 Å². The van der Waals surface area contributed by atoms with E-state index in [1.165, 1.54) is 6.92 Å². The van der Waals surface area contributed by atoms with Gasteiger partial charge < -0.3 is 11.1 Å². The third-order valence-corrected chi connectivity index (χ3v) is 7.87. The number of hydrogen-bond donors (Lipinski definition) is 2. The number of carbonyl (C=O) groups is 1. The van der Waals surface area contributed by atoms with Gasteiger partial charge in [0.25, 0.3) is 0 Å². The normalized spacial score (nSPS) is 25.8. The van der Waals surface area contributed by atoms with E-state index in [9.17, 15) is 26.4 Å². The number of piperidine rings is 1. The number of nitrogens with zero attached hydrogens (tertiary/aromatic N) is 1. The Morgan fingerprint density at radius 2 is 1.76 bits per heavy atom. The van der Waals surface area contributed by atoms with Gasteiger partial charge in [-0.25, -0.2) is 21.6 Å². The van der Waals surface area contributed by atoms with Crippen LogP contribution in [0, 0.1) is 23.4 Å². The van der Waals surface area contributed by atoms with Crippen molar-refractivity contribution < 1.29 is 26.4 Å². The van der Waals surface area contributed by atoms with Gasteiger partial charge in [-0.15, -0.1) is 0 Å². The first kappa shape index (κ1) is 22.0. The average Bonchev–Trinajstić information content (AvgIpc) is 2.90. The molecular formula is C19H26F3N3O3S. The smallest absolute Gasteiger partial charge is 0.216 e. The Morgan fingerprint density at radius 3 is 2.34 bits per heavy atom. The lowest BCUT2D eigenvalue weighted by Crippen LogP contribution is -2.51. The van der Waals surface area contributed by atoms with Gasteiger partial charge in [0.15, 0.2) is 11.6 Å². The van der Waals surface area contributed by atoms with Crippen molar-refractivity contribution in [1.82, 2.24) is 9.62 Å². The Hall–Kier alpha value is -1.65.